The molecule has 0 spiro atoms. The number of carbonyl (C=O) groups excluding carboxylic acids is 8. The van der Waals surface area contributed by atoms with Gasteiger partial charge in [-0.3, -0.25) is 43.3 Å². The number of hydrogen-bond acceptors (Lipinski definition) is 9. The summed E-state index contributed by atoms with van der Waals surface area (Å²) in [6, 6.07) is 5.57. The molecule has 1 aliphatic heterocycles. The number of nitrogens with one attached hydrogen (secondary N) is 2. The quantitative estimate of drug-likeness (QED) is 0.152. The Morgan fingerprint density at radius 1 is 0.867 bits per heavy atom. The molecule has 1 aliphatic rings. The highest BCUT2D eigenvalue weighted by Gasteiger charge is 2.30. The van der Waals surface area contributed by atoms with Crippen LogP contribution in [0.1, 0.15) is 71.8 Å². The van der Waals surface area contributed by atoms with E-state index in [4.69, 9.17) is 10.5 Å². The fourth-order valence-corrected chi connectivity index (χ4v) is 4.70. The molecule has 1 heterocycles. The number of ketones is 2. The molecular formula is C32H42N4O9. The number of Topliss-reactive ketones (excluding diaryl/α,β-unsaturated/α-hetero) is 2. The Balaban J connectivity index is 2.00. The van der Waals surface area contributed by atoms with Gasteiger partial charge in [0.15, 0.2) is 5.78 Å². The van der Waals surface area contributed by atoms with Gasteiger partial charge in [0.05, 0.1) is 6.04 Å². The van der Waals surface area contributed by atoms with Gasteiger partial charge in [-0.1, -0.05) is 26.0 Å². The van der Waals surface area contributed by atoms with E-state index in [-0.39, 0.29) is 57.0 Å². The number of nitrogens with two attached hydrogens (primary N) is 1. The van der Waals surface area contributed by atoms with Crippen molar-refractivity contribution in [1.29, 1.82) is 0 Å². The number of benzene rings is 1. The lowest BCUT2D eigenvalue weighted by molar-refractivity contribution is -0.142. The first-order valence-corrected chi connectivity index (χ1v) is 14.9. The van der Waals surface area contributed by atoms with Gasteiger partial charge >= 0.3 is 5.97 Å². The van der Waals surface area contributed by atoms with Gasteiger partial charge in [-0.25, -0.2) is 0 Å². The second-order valence-electron chi connectivity index (χ2n) is 11.5. The molecule has 0 bridgehead atoms. The van der Waals surface area contributed by atoms with Crippen molar-refractivity contribution in [2.24, 2.45) is 23.5 Å². The Labute approximate surface area is 262 Å². The number of carbonyl (C=O) groups is 8. The molecule has 45 heavy (non-hydrogen) atoms. The summed E-state index contributed by atoms with van der Waals surface area (Å²) >= 11 is 0. The minimum absolute atomic E-state index is 0.0140. The summed E-state index contributed by atoms with van der Waals surface area (Å²) < 4.78 is 4.94. The predicted octanol–water partition coefficient (Wildman–Crippen LogP) is 1.97. The van der Waals surface area contributed by atoms with Crippen molar-refractivity contribution in [1.82, 2.24) is 10.2 Å². The van der Waals surface area contributed by atoms with E-state index in [0.717, 1.165) is 17.1 Å². The molecule has 13 nitrogen and oxygen atoms in total. The van der Waals surface area contributed by atoms with Gasteiger partial charge in [0.25, 0.3) is 11.8 Å². The third-order valence-corrected chi connectivity index (χ3v) is 7.18. The molecule has 4 N–H and O–H groups in total. The van der Waals surface area contributed by atoms with Crippen LogP contribution in [0.25, 0.3) is 0 Å². The Morgan fingerprint density at radius 3 is 2.04 bits per heavy atom. The van der Waals surface area contributed by atoms with Crippen molar-refractivity contribution in [3.63, 3.8) is 0 Å². The lowest BCUT2D eigenvalue weighted by atomic mass is 9.90. The molecule has 0 fully saturated rings. The molecule has 244 valence electrons. The minimum Gasteiger partial charge on any atom is -0.461 e. The predicted molar refractivity (Wildman–Crippen MR) is 163 cm³/mol. The van der Waals surface area contributed by atoms with Crippen LogP contribution in [-0.2, 0) is 49.7 Å². The van der Waals surface area contributed by atoms with Gasteiger partial charge in [0.2, 0.25) is 17.7 Å². The molecule has 0 saturated heterocycles. The SMILES string of the molecule is CC(=O)OCc1ccc(NC(=O)[C@H](CCC(N)=O)CC(=O)[C@H](C)NC(=O)[C@H](CC(=O)CCN2C(=O)C=CC2=O)CC(C)C)cc1. The van der Waals surface area contributed by atoms with Gasteiger partial charge < -0.3 is 21.1 Å². The Morgan fingerprint density at radius 2 is 1.49 bits per heavy atom. The highest BCUT2D eigenvalue weighted by Crippen LogP contribution is 2.20. The van der Waals surface area contributed by atoms with Crippen molar-refractivity contribution in [2.45, 2.75) is 78.9 Å². The standard InChI is InChI=1S/C32H42N4O9/c1-19(2)15-24(16-26(38)13-14-36-29(41)11-12-30(36)42)32(44)34-20(3)27(39)17-23(7-10-28(33)40)31(43)35-25-8-5-22(6-9-25)18-45-21(4)37/h5-6,8-9,11-12,19-20,23-24H,7,10,13-18H2,1-4H3,(H2,33,40)(H,34,44)(H,35,43)/t20-,23+,24-/m0/s1. The largest absolute Gasteiger partial charge is 0.461 e. The molecule has 0 aromatic heterocycles. The van der Waals surface area contributed by atoms with Crippen molar-refractivity contribution in [2.75, 3.05) is 11.9 Å². The summed E-state index contributed by atoms with van der Waals surface area (Å²) in [5.41, 5.74) is 6.42. The number of ether oxygens (including phenoxy) is 1. The summed E-state index contributed by atoms with van der Waals surface area (Å²) in [6.07, 6.45) is 2.02. The maximum absolute atomic E-state index is 13.2. The fourth-order valence-electron chi connectivity index (χ4n) is 4.70. The molecule has 3 atom stereocenters. The molecule has 0 aliphatic carbocycles. The lowest BCUT2D eigenvalue weighted by Crippen LogP contribution is -2.43. The van der Waals surface area contributed by atoms with Crippen LogP contribution in [0, 0.1) is 17.8 Å². The third kappa shape index (κ3) is 12.8. The zero-order valence-corrected chi connectivity index (χ0v) is 26.1. The van der Waals surface area contributed by atoms with Gasteiger partial charge in [0.1, 0.15) is 12.4 Å². The Hall–Kier alpha value is -4.68. The smallest absolute Gasteiger partial charge is 0.302 e. The van der Waals surface area contributed by atoms with E-state index in [1.165, 1.54) is 13.8 Å². The van der Waals surface area contributed by atoms with Gasteiger partial charge in [-0.05, 0) is 43.4 Å². The van der Waals surface area contributed by atoms with Crippen molar-refractivity contribution in [3.8, 4) is 0 Å². The summed E-state index contributed by atoms with van der Waals surface area (Å²) in [7, 11) is 0. The molecule has 5 amide bonds. The van der Waals surface area contributed by atoms with Crippen LogP contribution in [0.15, 0.2) is 36.4 Å². The molecule has 1 aromatic rings. The van der Waals surface area contributed by atoms with E-state index in [0.29, 0.717) is 17.7 Å². The van der Waals surface area contributed by atoms with E-state index in [1.807, 2.05) is 13.8 Å². The average Bonchev–Trinajstić information content (AvgIpc) is 3.28. The molecule has 13 heteroatoms. The number of amides is 5. The molecule has 0 saturated carbocycles. The van der Waals surface area contributed by atoms with Crippen molar-refractivity contribution >= 4 is 52.8 Å². The Bertz CT molecular complexity index is 1300. The summed E-state index contributed by atoms with van der Waals surface area (Å²) in [5, 5.41) is 5.37. The molecule has 1 aromatic carbocycles. The first kappa shape index (κ1) is 36.5. The van der Waals surface area contributed by atoms with E-state index >= 15 is 0 Å². The molecule has 0 radical (unpaired) electrons. The molecule has 2 rings (SSSR count). The van der Waals surface area contributed by atoms with Crippen LogP contribution >= 0.6 is 0 Å². The van der Waals surface area contributed by atoms with Crippen molar-refractivity contribution in [3.05, 3.63) is 42.0 Å². The van der Waals surface area contributed by atoms with Crippen LogP contribution in [-0.4, -0.2) is 64.6 Å². The number of primary amides is 1. The van der Waals surface area contributed by atoms with Gasteiger partial charge in [0, 0.05) is 68.8 Å². The molecule has 0 unspecified atom stereocenters. The van der Waals surface area contributed by atoms with E-state index in [1.54, 1.807) is 24.3 Å². The molecular weight excluding hydrogens is 584 g/mol. The zero-order chi connectivity index (χ0) is 33.7. The number of rotatable bonds is 19. The maximum Gasteiger partial charge on any atom is 0.302 e. The van der Waals surface area contributed by atoms with Crippen molar-refractivity contribution < 1.29 is 43.1 Å². The summed E-state index contributed by atoms with van der Waals surface area (Å²) in [4.78, 5) is 99.0. The second-order valence-corrected chi connectivity index (χ2v) is 11.5. The van der Waals surface area contributed by atoms with E-state index in [2.05, 4.69) is 10.6 Å². The first-order valence-electron chi connectivity index (χ1n) is 14.9. The number of hydrogen-bond donors (Lipinski definition) is 3. The lowest BCUT2D eigenvalue weighted by Gasteiger charge is -2.22. The maximum atomic E-state index is 13.2. The van der Waals surface area contributed by atoms with Crippen LogP contribution in [0.2, 0.25) is 0 Å². The summed E-state index contributed by atoms with van der Waals surface area (Å²) in [5.74, 6) is -5.39. The normalized spacial score (nSPS) is 14.6. The van der Waals surface area contributed by atoms with E-state index in [9.17, 15) is 38.4 Å². The van der Waals surface area contributed by atoms with Crippen LogP contribution < -0.4 is 16.4 Å². The third-order valence-electron chi connectivity index (χ3n) is 7.18. The fraction of sp³-hybridized carbons (Fsp3) is 0.500. The van der Waals surface area contributed by atoms with E-state index < -0.39 is 59.2 Å². The van der Waals surface area contributed by atoms with Gasteiger partial charge in [-0.15, -0.1) is 0 Å². The van der Waals surface area contributed by atoms with Gasteiger partial charge in [-0.2, -0.15) is 0 Å². The minimum atomic E-state index is -0.988. The zero-order valence-electron chi connectivity index (χ0n) is 26.1. The number of nitrogens with zero attached hydrogens (tertiary/aromatic N) is 1. The topological polar surface area (TPSA) is 199 Å². The van der Waals surface area contributed by atoms with Crippen LogP contribution in [0.5, 0.6) is 0 Å². The second kappa shape index (κ2) is 17.6. The highest BCUT2D eigenvalue weighted by molar-refractivity contribution is 6.13. The number of esters is 1. The highest BCUT2D eigenvalue weighted by atomic mass is 16.5. The number of anilines is 1. The Kier molecular flexibility index (Phi) is 14.3. The monoisotopic (exact) mass is 626 g/mol. The van der Waals surface area contributed by atoms with Crippen LogP contribution in [0.4, 0.5) is 5.69 Å². The number of imide groups is 1. The summed E-state index contributed by atoms with van der Waals surface area (Å²) in [6.45, 7) is 6.56. The average molecular weight is 627 g/mol. The first-order chi connectivity index (χ1) is 21.2. The van der Waals surface area contributed by atoms with Crippen LogP contribution in [0.3, 0.4) is 0 Å².